The van der Waals surface area contributed by atoms with Crippen molar-refractivity contribution in [3.8, 4) is 0 Å². The molecule has 5 nitrogen and oxygen atoms in total. The number of halogens is 1. The lowest BCUT2D eigenvalue weighted by atomic mass is 9.95. The number of likely N-dealkylation sites (N-methyl/N-ethyl adjacent to an activating group) is 1. The Morgan fingerprint density at radius 1 is 1.33 bits per heavy atom. The summed E-state index contributed by atoms with van der Waals surface area (Å²) in [7, 11) is 1.64. The average molecular weight is 266 g/mol. The van der Waals surface area contributed by atoms with E-state index >= 15 is 0 Å². The van der Waals surface area contributed by atoms with Gasteiger partial charge >= 0.3 is 6.03 Å². The number of imide groups is 1. The number of anilines is 1. The average Bonchev–Trinajstić information content (AvgIpc) is 2.76. The molecule has 2 aliphatic rings. The van der Waals surface area contributed by atoms with Gasteiger partial charge in [0.05, 0.1) is 10.7 Å². The van der Waals surface area contributed by atoms with Crippen molar-refractivity contribution in [1.82, 2.24) is 10.2 Å². The van der Waals surface area contributed by atoms with Crippen molar-refractivity contribution in [3.05, 3.63) is 28.3 Å². The number of nitrogens with one attached hydrogen (secondary N) is 1. The Balaban J connectivity index is 2.07. The van der Waals surface area contributed by atoms with Crippen LogP contribution in [0.5, 0.6) is 0 Å². The predicted molar refractivity (Wildman–Crippen MR) is 67.3 cm³/mol. The van der Waals surface area contributed by atoms with E-state index in [0.29, 0.717) is 23.6 Å². The maximum Gasteiger partial charge on any atom is 0.324 e. The molecule has 1 aromatic rings. The van der Waals surface area contributed by atoms with E-state index in [2.05, 4.69) is 5.32 Å². The van der Waals surface area contributed by atoms with Gasteiger partial charge in [-0.3, -0.25) is 10.1 Å². The van der Waals surface area contributed by atoms with E-state index in [9.17, 15) is 9.59 Å². The van der Waals surface area contributed by atoms with E-state index in [1.165, 1.54) is 4.90 Å². The van der Waals surface area contributed by atoms with Crippen LogP contribution in [0.4, 0.5) is 10.5 Å². The molecule has 1 saturated heterocycles. The van der Waals surface area contributed by atoms with Gasteiger partial charge in [0, 0.05) is 19.9 Å². The van der Waals surface area contributed by atoms with Crippen LogP contribution in [0.25, 0.3) is 0 Å². The first-order chi connectivity index (χ1) is 8.44. The number of nitrogen functional groups attached to an aromatic ring is 1. The summed E-state index contributed by atoms with van der Waals surface area (Å²) >= 11 is 5.98. The number of hydrogen-bond acceptors (Lipinski definition) is 3. The second-order valence-electron chi connectivity index (χ2n) is 4.85. The van der Waals surface area contributed by atoms with Gasteiger partial charge < -0.3 is 10.6 Å². The number of nitrogens with zero attached hydrogens (tertiary/aromatic N) is 1. The van der Waals surface area contributed by atoms with Crippen LogP contribution < -0.4 is 11.1 Å². The predicted octanol–water partition coefficient (Wildman–Crippen LogP) is 0.941. The highest BCUT2D eigenvalue weighted by Crippen LogP contribution is 2.39. The summed E-state index contributed by atoms with van der Waals surface area (Å²) in [4.78, 5) is 25.1. The quantitative estimate of drug-likeness (QED) is 0.541. The zero-order valence-electron chi connectivity index (χ0n) is 9.79. The minimum absolute atomic E-state index is 0.249. The van der Waals surface area contributed by atoms with Gasteiger partial charge in [0.1, 0.15) is 5.54 Å². The Hall–Kier alpha value is -1.75. The van der Waals surface area contributed by atoms with E-state index in [0.717, 1.165) is 11.1 Å². The highest BCUT2D eigenvalue weighted by atomic mass is 35.5. The topological polar surface area (TPSA) is 75.4 Å². The summed E-state index contributed by atoms with van der Waals surface area (Å²) in [6.07, 6.45) is 0.966. The zero-order chi connectivity index (χ0) is 13.1. The fourth-order valence-electron chi connectivity index (χ4n) is 2.74. The van der Waals surface area contributed by atoms with Crippen LogP contribution in [0.3, 0.4) is 0 Å². The molecule has 3 N–H and O–H groups in total. The Kier molecular flexibility index (Phi) is 2.13. The molecule has 1 aromatic carbocycles. The molecule has 1 aliphatic heterocycles. The van der Waals surface area contributed by atoms with Crippen LogP contribution in [-0.4, -0.2) is 29.4 Å². The van der Waals surface area contributed by atoms with Crippen molar-refractivity contribution in [3.63, 3.8) is 0 Å². The molecular weight excluding hydrogens is 254 g/mol. The fourth-order valence-corrected chi connectivity index (χ4v) is 2.93. The maximum atomic E-state index is 12.0. The molecule has 3 rings (SSSR count). The van der Waals surface area contributed by atoms with Crippen molar-refractivity contribution in [2.75, 3.05) is 12.8 Å². The first-order valence-corrected chi connectivity index (χ1v) is 5.98. The summed E-state index contributed by atoms with van der Waals surface area (Å²) in [5.74, 6) is -0.249. The molecule has 1 aliphatic carbocycles. The number of carbonyl (C=O) groups is 2. The Morgan fingerprint density at radius 2 is 1.94 bits per heavy atom. The third-order valence-corrected chi connectivity index (χ3v) is 4.20. The molecule has 1 unspecified atom stereocenters. The third-order valence-electron chi connectivity index (χ3n) is 3.87. The second kappa shape index (κ2) is 3.38. The molecule has 1 atom stereocenters. The van der Waals surface area contributed by atoms with Crippen molar-refractivity contribution in [2.24, 2.45) is 0 Å². The van der Waals surface area contributed by atoms with E-state index in [1.54, 1.807) is 19.2 Å². The molecule has 1 heterocycles. The number of urea groups is 1. The molecule has 0 radical (unpaired) electrons. The van der Waals surface area contributed by atoms with Crippen LogP contribution in [0.2, 0.25) is 5.02 Å². The van der Waals surface area contributed by atoms with Gasteiger partial charge in [-0.05, 0) is 23.3 Å². The minimum Gasteiger partial charge on any atom is -0.398 e. The molecule has 6 heteroatoms. The maximum absolute atomic E-state index is 12.0. The van der Waals surface area contributed by atoms with Crippen LogP contribution >= 0.6 is 11.6 Å². The van der Waals surface area contributed by atoms with E-state index in [1.807, 2.05) is 0 Å². The molecule has 0 saturated carbocycles. The van der Waals surface area contributed by atoms with E-state index in [-0.39, 0.29) is 11.9 Å². The highest BCUT2D eigenvalue weighted by molar-refractivity contribution is 6.33. The van der Waals surface area contributed by atoms with Crippen molar-refractivity contribution >= 4 is 29.2 Å². The Bertz CT molecular complexity index is 554. The van der Waals surface area contributed by atoms with Gasteiger partial charge in [-0.1, -0.05) is 11.6 Å². The van der Waals surface area contributed by atoms with Crippen molar-refractivity contribution in [2.45, 2.75) is 18.4 Å². The lowest BCUT2D eigenvalue weighted by Crippen LogP contribution is -2.48. The molecule has 1 spiro atoms. The smallest absolute Gasteiger partial charge is 0.324 e. The molecule has 0 aromatic heterocycles. The van der Waals surface area contributed by atoms with E-state index < -0.39 is 5.54 Å². The van der Waals surface area contributed by atoms with Gasteiger partial charge in [-0.25, -0.2) is 4.79 Å². The standard InChI is InChI=1S/C12H12ClN3O2/c1-16-11(18)15-10(17)12(16)4-6-2-8(13)9(14)3-7(6)5-12/h2-3H,4-5,14H2,1H3,(H,15,17,18). The molecule has 1 fully saturated rings. The Labute approximate surface area is 109 Å². The fraction of sp³-hybridized carbons (Fsp3) is 0.333. The molecule has 18 heavy (non-hydrogen) atoms. The number of fused-ring (bicyclic) bond motifs is 1. The molecule has 3 amide bonds. The highest BCUT2D eigenvalue weighted by Gasteiger charge is 2.54. The largest absolute Gasteiger partial charge is 0.398 e. The number of rotatable bonds is 0. The number of carbonyl (C=O) groups excluding carboxylic acids is 2. The van der Waals surface area contributed by atoms with Gasteiger partial charge in [-0.2, -0.15) is 0 Å². The number of hydrogen-bond donors (Lipinski definition) is 2. The summed E-state index contributed by atoms with van der Waals surface area (Å²) in [6, 6.07) is 3.22. The molecule has 94 valence electrons. The van der Waals surface area contributed by atoms with Crippen LogP contribution in [0, 0.1) is 0 Å². The van der Waals surface area contributed by atoms with Gasteiger partial charge in [-0.15, -0.1) is 0 Å². The van der Waals surface area contributed by atoms with Gasteiger partial charge in [0.15, 0.2) is 0 Å². The third kappa shape index (κ3) is 1.28. The van der Waals surface area contributed by atoms with Crippen LogP contribution in [0.1, 0.15) is 11.1 Å². The zero-order valence-corrected chi connectivity index (χ0v) is 10.5. The van der Waals surface area contributed by atoms with Crippen molar-refractivity contribution in [1.29, 1.82) is 0 Å². The van der Waals surface area contributed by atoms with E-state index in [4.69, 9.17) is 17.3 Å². The van der Waals surface area contributed by atoms with Crippen LogP contribution in [-0.2, 0) is 17.6 Å². The molecular formula is C12H12ClN3O2. The van der Waals surface area contributed by atoms with Gasteiger partial charge in [0.25, 0.3) is 5.91 Å². The monoisotopic (exact) mass is 265 g/mol. The Morgan fingerprint density at radius 3 is 2.50 bits per heavy atom. The summed E-state index contributed by atoms with van der Waals surface area (Å²) in [6.45, 7) is 0. The lowest BCUT2D eigenvalue weighted by molar-refractivity contribution is -0.125. The minimum atomic E-state index is -0.809. The first-order valence-electron chi connectivity index (χ1n) is 5.60. The number of amides is 3. The van der Waals surface area contributed by atoms with Gasteiger partial charge in [0.2, 0.25) is 0 Å². The molecule has 0 bridgehead atoms. The number of nitrogens with two attached hydrogens (primary N) is 1. The normalized spacial score (nSPS) is 25.8. The summed E-state index contributed by atoms with van der Waals surface area (Å²) in [5, 5.41) is 2.83. The van der Waals surface area contributed by atoms with Crippen LogP contribution in [0.15, 0.2) is 12.1 Å². The summed E-state index contributed by atoms with van der Waals surface area (Å²) < 4.78 is 0. The lowest BCUT2D eigenvalue weighted by Gasteiger charge is -2.27. The SMILES string of the molecule is CN1C(=O)NC(=O)C12Cc1cc(N)c(Cl)cc1C2. The number of benzene rings is 1. The second-order valence-corrected chi connectivity index (χ2v) is 5.25. The summed E-state index contributed by atoms with van der Waals surface area (Å²) in [5.41, 5.74) is 7.41. The first kappa shape index (κ1) is 11.3. The van der Waals surface area contributed by atoms with Crippen molar-refractivity contribution < 1.29 is 9.59 Å².